The third-order valence-corrected chi connectivity index (χ3v) is 5.66. The Morgan fingerprint density at radius 1 is 1.10 bits per heavy atom. The molecular weight excluding hydrogens is 366 g/mol. The third kappa shape index (κ3) is 3.35. The molecular formula is C23H25N3O3. The van der Waals surface area contributed by atoms with Gasteiger partial charge in [0.2, 0.25) is 0 Å². The minimum Gasteiger partial charge on any atom is -0.494 e. The van der Waals surface area contributed by atoms with E-state index in [1.165, 1.54) is 0 Å². The zero-order valence-corrected chi connectivity index (χ0v) is 16.9. The van der Waals surface area contributed by atoms with Crippen LogP contribution in [0.1, 0.15) is 37.1 Å². The molecule has 1 N–H and O–H groups in total. The first-order valence-corrected chi connectivity index (χ1v) is 9.87. The molecule has 0 fully saturated rings. The predicted molar refractivity (Wildman–Crippen MR) is 110 cm³/mol. The molecule has 2 aliphatic heterocycles. The summed E-state index contributed by atoms with van der Waals surface area (Å²) < 4.78 is 5.51. The molecule has 2 aromatic rings. The highest BCUT2D eigenvalue weighted by molar-refractivity contribution is 6.01. The molecule has 0 saturated heterocycles. The summed E-state index contributed by atoms with van der Waals surface area (Å²) in [5, 5.41) is 2.98. The number of ether oxygens (including phenoxy) is 1. The number of carbonyl (C=O) groups excluding carboxylic acids is 2. The number of urea groups is 1. The Hall–Kier alpha value is -3.28. The van der Waals surface area contributed by atoms with Crippen molar-refractivity contribution in [2.75, 3.05) is 20.2 Å². The molecule has 0 aliphatic carbocycles. The van der Waals surface area contributed by atoms with E-state index in [4.69, 9.17) is 4.74 Å². The molecule has 0 unspecified atom stereocenters. The second-order valence-electron chi connectivity index (χ2n) is 7.32. The SMILES string of the molecule is CCOc1ccc([C@H]2NC(=O)N(C)C3=C2C(=O)N([C@H](C)c2ccccc2)C3)cc1. The van der Waals surface area contributed by atoms with Gasteiger partial charge in [-0.15, -0.1) is 0 Å². The molecule has 0 radical (unpaired) electrons. The van der Waals surface area contributed by atoms with Gasteiger partial charge in [-0.05, 0) is 37.1 Å². The van der Waals surface area contributed by atoms with Crippen LogP contribution in [0.25, 0.3) is 0 Å². The summed E-state index contributed by atoms with van der Waals surface area (Å²) in [4.78, 5) is 29.4. The van der Waals surface area contributed by atoms with Gasteiger partial charge in [0.15, 0.2) is 0 Å². The summed E-state index contributed by atoms with van der Waals surface area (Å²) in [6, 6.07) is 16.7. The largest absolute Gasteiger partial charge is 0.494 e. The van der Waals surface area contributed by atoms with E-state index in [2.05, 4.69) is 5.32 Å². The van der Waals surface area contributed by atoms with Gasteiger partial charge in [0.25, 0.3) is 5.91 Å². The lowest BCUT2D eigenvalue weighted by Crippen LogP contribution is -2.45. The molecule has 2 aromatic carbocycles. The van der Waals surface area contributed by atoms with E-state index in [9.17, 15) is 9.59 Å². The van der Waals surface area contributed by atoms with Crippen molar-refractivity contribution in [3.63, 3.8) is 0 Å². The lowest BCUT2D eigenvalue weighted by molar-refractivity contribution is -0.127. The van der Waals surface area contributed by atoms with Crippen LogP contribution in [-0.4, -0.2) is 41.9 Å². The van der Waals surface area contributed by atoms with Gasteiger partial charge in [0.1, 0.15) is 5.75 Å². The maximum Gasteiger partial charge on any atom is 0.322 e. The van der Waals surface area contributed by atoms with Crippen LogP contribution in [-0.2, 0) is 4.79 Å². The molecule has 4 rings (SSSR count). The second-order valence-corrected chi connectivity index (χ2v) is 7.32. The number of benzene rings is 2. The van der Waals surface area contributed by atoms with Crippen LogP contribution < -0.4 is 10.1 Å². The highest BCUT2D eigenvalue weighted by atomic mass is 16.5. The maximum absolute atomic E-state index is 13.4. The van der Waals surface area contributed by atoms with Gasteiger partial charge in [0.05, 0.1) is 36.5 Å². The summed E-state index contributed by atoms with van der Waals surface area (Å²) >= 11 is 0. The average molecular weight is 391 g/mol. The van der Waals surface area contributed by atoms with Gasteiger partial charge in [-0.1, -0.05) is 42.5 Å². The Kier molecular flexibility index (Phi) is 5.01. The van der Waals surface area contributed by atoms with E-state index < -0.39 is 6.04 Å². The Labute approximate surface area is 170 Å². The van der Waals surface area contributed by atoms with Crippen molar-refractivity contribution in [1.82, 2.24) is 15.1 Å². The predicted octanol–water partition coefficient (Wildman–Crippen LogP) is 3.64. The zero-order chi connectivity index (χ0) is 20.5. The normalized spacial score (nSPS) is 19.9. The summed E-state index contributed by atoms with van der Waals surface area (Å²) in [6.45, 7) is 4.96. The Bertz CT molecular complexity index is 953. The topological polar surface area (TPSA) is 61.9 Å². The van der Waals surface area contributed by atoms with Crippen LogP contribution in [0.4, 0.5) is 4.79 Å². The van der Waals surface area contributed by atoms with Gasteiger partial charge in [-0.3, -0.25) is 9.69 Å². The highest BCUT2D eigenvalue weighted by Crippen LogP contribution is 2.39. The van der Waals surface area contributed by atoms with Crippen molar-refractivity contribution in [1.29, 1.82) is 0 Å². The second kappa shape index (κ2) is 7.62. The Morgan fingerprint density at radius 3 is 2.45 bits per heavy atom. The smallest absolute Gasteiger partial charge is 0.322 e. The van der Waals surface area contributed by atoms with Gasteiger partial charge < -0.3 is 15.0 Å². The standard InChI is InChI=1S/C23H25N3O3/c1-4-29-18-12-10-17(11-13-18)21-20-19(25(3)23(28)24-21)14-26(22(20)27)15(2)16-8-6-5-7-9-16/h5-13,15,21H,4,14H2,1-3H3,(H,24,28)/t15-,21-/m1/s1. The van der Waals surface area contributed by atoms with Crippen LogP contribution in [0.15, 0.2) is 65.9 Å². The molecule has 2 atom stereocenters. The fourth-order valence-electron chi connectivity index (χ4n) is 3.99. The first-order valence-electron chi connectivity index (χ1n) is 9.87. The number of likely N-dealkylation sites (N-methyl/N-ethyl adjacent to an activating group) is 1. The quantitative estimate of drug-likeness (QED) is 0.847. The summed E-state index contributed by atoms with van der Waals surface area (Å²) in [6.07, 6.45) is 0. The van der Waals surface area contributed by atoms with E-state index in [-0.39, 0.29) is 18.0 Å². The molecule has 6 heteroatoms. The minimum absolute atomic E-state index is 0.0397. The van der Waals surface area contributed by atoms with Crippen LogP contribution in [0.5, 0.6) is 5.75 Å². The Balaban J connectivity index is 1.67. The monoisotopic (exact) mass is 391 g/mol. The molecule has 150 valence electrons. The van der Waals surface area contributed by atoms with Crippen molar-refractivity contribution < 1.29 is 14.3 Å². The molecule has 0 bridgehead atoms. The maximum atomic E-state index is 13.4. The van der Waals surface area contributed by atoms with Crippen LogP contribution in [0, 0.1) is 0 Å². The highest BCUT2D eigenvalue weighted by Gasteiger charge is 2.44. The van der Waals surface area contributed by atoms with Crippen molar-refractivity contribution >= 4 is 11.9 Å². The number of hydrogen-bond acceptors (Lipinski definition) is 3. The molecule has 0 aromatic heterocycles. The van der Waals surface area contributed by atoms with Crippen molar-refractivity contribution in [3.8, 4) is 5.75 Å². The van der Waals surface area contributed by atoms with Gasteiger partial charge >= 0.3 is 6.03 Å². The van der Waals surface area contributed by atoms with Crippen LogP contribution >= 0.6 is 0 Å². The van der Waals surface area contributed by atoms with Crippen molar-refractivity contribution in [2.24, 2.45) is 0 Å². The lowest BCUT2D eigenvalue weighted by atomic mass is 9.95. The summed E-state index contributed by atoms with van der Waals surface area (Å²) in [5.74, 6) is 0.726. The molecule has 6 nitrogen and oxygen atoms in total. The number of amides is 3. The number of rotatable bonds is 5. The average Bonchev–Trinajstić information content (AvgIpc) is 3.09. The van der Waals surface area contributed by atoms with Crippen molar-refractivity contribution in [2.45, 2.75) is 25.9 Å². The number of hydrogen-bond donors (Lipinski definition) is 1. The zero-order valence-electron chi connectivity index (χ0n) is 16.9. The fourth-order valence-corrected chi connectivity index (χ4v) is 3.99. The molecule has 2 aliphatic rings. The summed E-state index contributed by atoms with van der Waals surface area (Å²) in [5.41, 5.74) is 3.34. The van der Waals surface area contributed by atoms with E-state index in [1.807, 2.05) is 73.3 Å². The Morgan fingerprint density at radius 2 is 1.79 bits per heavy atom. The molecule has 0 spiro atoms. The number of nitrogens with one attached hydrogen (secondary N) is 1. The lowest BCUT2D eigenvalue weighted by Gasteiger charge is -2.31. The molecule has 3 amide bonds. The van der Waals surface area contributed by atoms with E-state index in [1.54, 1.807) is 11.9 Å². The first-order chi connectivity index (χ1) is 14.0. The minimum atomic E-state index is -0.468. The molecule has 29 heavy (non-hydrogen) atoms. The van der Waals surface area contributed by atoms with Crippen LogP contribution in [0.3, 0.4) is 0 Å². The van der Waals surface area contributed by atoms with E-state index in [0.29, 0.717) is 18.7 Å². The number of nitrogens with zero attached hydrogens (tertiary/aromatic N) is 2. The van der Waals surface area contributed by atoms with E-state index in [0.717, 1.165) is 22.6 Å². The first kappa shape index (κ1) is 19.1. The van der Waals surface area contributed by atoms with Gasteiger partial charge in [-0.25, -0.2) is 4.79 Å². The van der Waals surface area contributed by atoms with Crippen molar-refractivity contribution in [3.05, 3.63) is 77.0 Å². The molecule has 2 heterocycles. The van der Waals surface area contributed by atoms with E-state index >= 15 is 0 Å². The molecule has 0 saturated carbocycles. The van der Waals surface area contributed by atoms with Crippen LogP contribution in [0.2, 0.25) is 0 Å². The van der Waals surface area contributed by atoms with Gasteiger partial charge in [0, 0.05) is 7.05 Å². The summed E-state index contributed by atoms with van der Waals surface area (Å²) in [7, 11) is 1.71. The fraction of sp³-hybridized carbons (Fsp3) is 0.304. The third-order valence-electron chi connectivity index (χ3n) is 5.66. The number of carbonyl (C=O) groups is 2. The van der Waals surface area contributed by atoms with Gasteiger partial charge in [-0.2, -0.15) is 0 Å².